The molecule has 4 aromatic carbocycles. The highest BCUT2D eigenvalue weighted by Gasteiger charge is 2.41. The van der Waals surface area contributed by atoms with Gasteiger partial charge in [0.15, 0.2) is 46.0 Å². The number of hydrogen-bond donors (Lipinski definition) is 12. The number of aryl methyl sites for hydroxylation is 4. The number of phenolic OH excluding ortho intramolecular Hbond substituents is 8. The summed E-state index contributed by atoms with van der Waals surface area (Å²) >= 11 is 0. The second kappa shape index (κ2) is 42.0. The third-order valence-electron chi connectivity index (χ3n) is 19.4. The normalized spacial score (nSPS) is 13.3. The van der Waals surface area contributed by atoms with Crippen molar-refractivity contribution in [3.8, 4) is 46.0 Å². The summed E-state index contributed by atoms with van der Waals surface area (Å²) in [7, 11) is 0. The Morgan fingerprint density at radius 1 is 0.292 bits per heavy atom. The maximum absolute atomic E-state index is 12.9. The topological polar surface area (TPSA) is 352 Å². The molecule has 24 heteroatoms. The van der Waals surface area contributed by atoms with Gasteiger partial charge in [0.1, 0.15) is 0 Å². The maximum Gasteiger partial charge on any atom is 0.220 e. The zero-order valence-corrected chi connectivity index (χ0v) is 66.4. The van der Waals surface area contributed by atoms with E-state index in [0.717, 1.165) is 22.3 Å². The third kappa shape index (κ3) is 36.6. The lowest BCUT2D eigenvalue weighted by atomic mass is 9.89. The van der Waals surface area contributed by atoms with E-state index in [2.05, 4.69) is 28.2 Å². The molecule has 1 atom stereocenters. The van der Waals surface area contributed by atoms with Crippen LogP contribution >= 0.6 is 0 Å². The fourth-order valence-corrected chi connectivity index (χ4v) is 11.0. The molecule has 0 spiro atoms. The molecule has 0 aliphatic carbocycles. The van der Waals surface area contributed by atoms with Crippen molar-refractivity contribution in [2.45, 2.75) is 265 Å². The first-order valence-electron chi connectivity index (χ1n) is 37.5. The van der Waals surface area contributed by atoms with Gasteiger partial charge >= 0.3 is 0 Å². The molecule has 598 valence electrons. The smallest absolute Gasteiger partial charge is 0.220 e. The van der Waals surface area contributed by atoms with Crippen LogP contribution in [0.4, 0.5) is 0 Å². The second-order valence-corrected chi connectivity index (χ2v) is 32.9. The lowest BCUT2D eigenvalue weighted by molar-refractivity contribution is -0.197. The van der Waals surface area contributed by atoms with Gasteiger partial charge in [-0.15, -0.1) is 0 Å². The summed E-state index contributed by atoms with van der Waals surface area (Å²) in [6.07, 6.45) is 7.25. The Labute approximate surface area is 630 Å². The van der Waals surface area contributed by atoms with Crippen LogP contribution in [0.25, 0.3) is 0 Å². The van der Waals surface area contributed by atoms with Crippen LogP contribution in [0.15, 0.2) is 72.8 Å². The predicted molar refractivity (Wildman–Crippen MR) is 409 cm³/mol. The van der Waals surface area contributed by atoms with Crippen LogP contribution in [0.5, 0.6) is 46.0 Å². The predicted octanol–water partition coefficient (Wildman–Crippen LogP) is 12.5. The lowest BCUT2D eigenvalue weighted by Gasteiger charge is -2.42. The minimum absolute atomic E-state index is 0.133. The first kappa shape index (κ1) is 91.2. The number of benzene rings is 4. The van der Waals surface area contributed by atoms with Crippen molar-refractivity contribution in [2.75, 3.05) is 79.0 Å². The molecule has 0 radical (unpaired) electrons. The number of aromatic hydroxyl groups is 8. The van der Waals surface area contributed by atoms with Crippen molar-refractivity contribution in [2.24, 2.45) is 5.41 Å². The van der Waals surface area contributed by atoms with E-state index in [0.29, 0.717) is 136 Å². The molecule has 0 saturated carbocycles. The zero-order chi connectivity index (χ0) is 79.2. The van der Waals surface area contributed by atoms with Crippen molar-refractivity contribution in [3.63, 3.8) is 0 Å². The number of rotatable bonds is 53. The molecule has 0 heterocycles. The monoisotopic (exact) mass is 1490 g/mol. The van der Waals surface area contributed by atoms with Crippen LogP contribution in [0.3, 0.4) is 0 Å². The highest BCUT2D eigenvalue weighted by molar-refractivity contribution is 5.77. The molecule has 0 bridgehead atoms. The molecule has 4 amide bonds. The molecule has 24 nitrogen and oxygen atoms in total. The van der Waals surface area contributed by atoms with E-state index in [1.54, 1.807) is 24.3 Å². The molecule has 0 aromatic heterocycles. The number of amides is 4. The van der Waals surface area contributed by atoms with Gasteiger partial charge in [-0.25, -0.2) is 0 Å². The van der Waals surface area contributed by atoms with Crippen LogP contribution in [0, 0.1) is 5.41 Å². The summed E-state index contributed by atoms with van der Waals surface area (Å²) in [6, 6.07) is 18.1. The summed E-state index contributed by atoms with van der Waals surface area (Å²) in [5.74, 6) is -2.38. The van der Waals surface area contributed by atoms with E-state index in [-0.39, 0.29) is 122 Å². The van der Waals surface area contributed by atoms with Gasteiger partial charge in [0, 0.05) is 51.9 Å². The minimum Gasteiger partial charge on any atom is -0.504 e. The van der Waals surface area contributed by atoms with E-state index in [4.69, 9.17) is 37.9 Å². The fourth-order valence-electron chi connectivity index (χ4n) is 11.0. The van der Waals surface area contributed by atoms with Gasteiger partial charge < -0.3 is 100 Å². The number of phenols is 8. The zero-order valence-electron chi connectivity index (χ0n) is 66.4. The molecule has 106 heavy (non-hydrogen) atoms. The lowest BCUT2D eigenvalue weighted by Crippen LogP contribution is -2.49. The van der Waals surface area contributed by atoms with Crippen molar-refractivity contribution in [1.82, 2.24) is 21.3 Å². The van der Waals surface area contributed by atoms with Crippen molar-refractivity contribution in [3.05, 3.63) is 95.1 Å². The molecule has 4 aromatic rings. The number of carbonyl (C=O) groups excluding carboxylic acids is 4. The van der Waals surface area contributed by atoms with Crippen LogP contribution < -0.4 is 21.3 Å². The molecule has 12 N–H and O–H groups in total. The first-order chi connectivity index (χ1) is 49.3. The van der Waals surface area contributed by atoms with Crippen molar-refractivity contribution < 1.29 is 97.9 Å². The summed E-state index contributed by atoms with van der Waals surface area (Å²) < 4.78 is 54.4. The summed E-state index contributed by atoms with van der Waals surface area (Å²) in [4.78, 5) is 51.5. The fraction of sp³-hybridized carbons (Fsp3) is 0.659. The maximum atomic E-state index is 12.9. The third-order valence-corrected chi connectivity index (χ3v) is 19.4. The van der Waals surface area contributed by atoms with Gasteiger partial charge in [-0.3, -0.25) is 19.2 Å². The molecule has 0 saturated heterocycles. The Balaban J connectivity index is 1.51. The molecule has 4 rings (SSSR count). The average Bonchev–Trinajstić information content (AvgIpc) is 0.816. The highest BCUT2D eigenvalue weighted by Crippen LogP contribution is 2.35. The van der Waals surface area contributed by atoms with E-state index in [1.165, 1.54) is 48.5 Å². The quantitative estimate of drug-likeness (QED) is 0.0183. The van der Waals surface area contributed by atoms with E-state index in [1.807, 2.05) is 104 Å². The van der Waals surface area contributed by atoms with E-state index < -0.39 is 50.2 Å². The number of hydrogen-bond acceptors (Lipinski definition) is 20. The Hall–Kier alpha value is -7.16. The highest BCUT2D eigenvalue weighted by atomic mass is 16.6. The molecular formula is C82H130N4O20. The van der Waals surface area contributed by atoms with Crippen molar-refractivity contribution in [1.29, 1.82) is 0 Å². The van der Waals surface area contributed by atoms with Gasteiger partial charge in [-0.2, -0.15) is 0 Å². The number of ether oxygens (including phenoxy) is 8. The van der Waals surface area contributed by atoms with Crippen LogP contribution in [0.2, 0.25) is 0 Å². The van der Waals surface area contributed by atoms with E-state index in [9.17, 15) is 60.0 Å². The molecule has 0 fully saturated rings. The standard InChI is InChI=1S/C82H130N4O20/c1-17-81(16,37-45-86-73(98)33-25-61-21-29-65(90)69(94)53-61)102-49-41-80(14,15)106-57-82(54-103-77(8,9)38-46-99-74(2,3)34-42-83-70(95)30-22-58-18-26-62(87)66(91)50-58,55-104-78(10,11)39-47-100-75(4,5)35-43-84-71(96)31-23-59-19-27-63(88)67(92)51-59)56-105-79(12,13)40-48-101-76(6,7)36-44-85-72(97)32-24-60-20-28-64(89)68(93)52-60/h18-21,26-29,50-53,87-94H,17,22-25,30-49,54-57H2,1-16H3,(H,83,95)(H,84,96)(H,85,97)(H,86,98). The summed E-state index contributed by atoms with van der Waals surface area (Å²) in [6.45, 7) is 35.6. The Morgan fingerprint density at radius 2 is 0.509 bits per heavy atom. The molecule has 0 aliphatic heterocycles. The van der Waals surface area contributed by atoms with Crippen LogP contribution in [0.1, 0.15) is 217 Å². The van der Waals surface area contributed by atoms with Gasteiger partial charge in [0.05, 0.1) is 103 Å². The second-order valence-electron chi connectivity index (χ2n) is 32.9. The Bertz CT molecular complexity index is 3110. The number of carbonyl (C=O) groups is 4. The largest absolute Gasteiger partial charge is 0.504 e. The van der Waals surface area contributed by atoms with Gasteiger partial charge in [0.2, 0.25) is 23.6 Å². The average molecular weight is 1490 g/mol. The Morgan fingerprint density at radius 3 is 0.736 bits per heavy atom. The minimum atomic E-state index is -0.953. The SMILES string of the molecule is CCC(C)(CCNC(=O)CCc1ccc(O)c(O)c1)OCCC(C)(C)OCC(COC(C)(C)CCOC(C)(C)CCNC(=O)CCc1ccc(O)c(O)c1)(COC(C)(C)CCOC(C)(C)CCNC(=O)CCc1ccc(O)c(O)c1)COC(C)(C)CCOC(C)(C)CCNC(=O)CCc1ccc(O)c(O)c1. The molecule has 1 unspecified atom stereocenters. The molecular weight excluding hydrogens is 1360 g/mol. The Kier molecular flexibility index (Phi) is 36.1. The van der Waals surface area contributed by atoms with Crippen LogP contribution in [-0.2, 0) is 82.8 Å². The summed E-state index contributed by atoms with van der Waals surface area (Å²) in [5, 5.41) is 90.4. The van der Waals surface area contributed by atoms with Crippen molar-refractivity contribution >= 4 is 23.6 Å². The van der Waals surface area contributed by atoms with Gasteiger partial charge in [0.25, 0.3) is 0 Å². The number of nitrogens with one attached hydrogen (secondary N) is 4. The first-order valence-corrected chi connectivity index (χ1v) is 37.5. The summed E-state index contributed by atoms with van der Waals surface area (Å²) in [5.41, 5.74) is -3.43. The molecule has 0 aliphatic rings. The van der Waals surface area contributed by atoms with Gasteiger partial charge in [-0.1, -0.05) is 31.2 Å². The van der Waals surface area contributed by atoms with Crippen LogP contribution in [-0.4, -0.2) is 188 Å². The van der Waals surface area contributed by atoms with E-state index >= 15 is 0 Å². The van der Waals surface area contributed by atoms with Gasteiger partial charge in [-0.05, 0) is 258 Å².